The van der Waals surface area contributed by atoms with Gasteiger partial charge in [-0.3, -0.25) is 4.98 Å². The topological polar surface area (TPSA) is 34.1 Å². The lowest BCUT2D eigenvalue weighted by Crippen LogP contribution is -2.16. The first-order valence-corrected chi connectivity index (χ1v) is 6.51. The van der Waals surface area contributed by atoms with Gasteiger partial charge < -0.3 is 10.1 Å². The van der Waals surface area contributed by atoms with E-state index in [1.165, 1.54) is 12.8 Å². The van der Waals surface area contributed by atoms with Crippen molar-refractivity contribution in [3.8, 4) is 11.5 Å². The van der Waals surface area contributed by atoms with Crippen molar-refractivity contribution in [3.63, 3.8) is 0 Å². The molecule has 0 aliphatic heterocycles. The Labute approximate surface area is 115 Å². The van der Waals surface area contributed by atoms with Crippen LogP contribution in [0.3, 0.4) is 0 Å². The highest BCUT2D eigenvalue weighted by Gasteiger charge is 2.20. The molecule has 5 heteroatoms. The third-order valence-electron chi connectivity index (χ3n) is 3.13. The number of hydrogen-bond acceptors (Lipinski definition) is 3. The summed E-state index contributed by atoms with van der Waals surface area (Å²) >= 11 is 0. The molecule has 0 saturated heterocycles. The predicted octanol–water partition coefficient (Wildman–Crippen LogP) is 3.40. The summed E-state index contributed by atoms with van der Waals surface area (Å²) in [6, 6.07) is 5.34. The van der Waals surface area contributed by atoms with Gasteiger partial charge in [0.15, 0.2) is 11.6 Å². The Morgan fingerprint density at radius 2 is 2.05 bits per heavy atom. The van der Waals surface area contributed by atoms with Gasteiger partial charge in [0.05, 0.1) is 0 Å². The summed E-state index contributed by atoms with van der Waals surface area (Å²) in [6.07, 6.45) is 5.58. The fraction of sp³-hybridized carbons (Fsp3) is 0.267. The van der Waals surface area contributed by atoms with E-state index in [1.807, 2.05) is 0 Å². The average molecular weight is 276 g/mol. The Bertz CT molecular complexity index is 615. The molecular formula is C15H14F2N2O. The first-order valence-electron chi connectivity index (χ1n) is 6.51. The van der Waals surface area contributed by atoms with E-state index in [9.17, 15) is 8.78 Å². The lowest BCUT2D eigenvalue weighted by molar-refractivity contribution is 0.429. The van der Waals surface area contributed by atoms with Crippen molar-refractivity contribution in [2.45, 2.75) is 25.4 Å². The molecule has 0 atom stereocenters. The summed E-state index contributed by atoms with van der Waals surface area (Å²) in [6.45, 7) is 0.602. The van der Waals surface area contributed by atoms with Gasteiger partial charge in [0.2, 0.25) is 0 Å². The zero-order valence-corrected chi connectivity index (χ0v) is 10.8. The number of benzene rings is 1. The first kappa shape index (κ1) is 13.0. The fourth-order valence-corrected chi connectivity index (χ4v) is 1.86. The minimum absolute atomic E-state index is 0.121. The van der Waals surface area contributed by atoms with Crippen LogP contribution in [0.4, 0.5) is 8.78 Å². The number of pyridine rings is 1. The zero-order chi connectivity index (χ0) is 13.9. The summed E-state index contributed by atoms with van der Waals surface area (Å²) in [5, 5.41) is 3.34. The summed E-state index contributed by atoms with van der Waals surface area (Å²) in [5.41, 5.74) is 0.822. The molecule has 1 aliphatic rings. The molecule has 1 aromatic carbocycles. The maximum absolute atomic E-state index is 13.6. The Morgan fingerprint density at radius 3 is 2.85 bits per heavy atom. The van der Waals surface area contributed by atoms with Crippen molar-refractivity contribution in [1.29, 1.82) is 0 Å². The average Bonchev–Trinajstić information content (AvgIpc) is 3.26. The Morgan fingerprint density at radius 1 is 1.20 bits per heavy atom. The number of halogens is 2. The fourth-order valence-electron chi connectivity index (χ4n) is 1.86. The molecule has 1 N–H and O–H groups in total. The molecule has 1 aliphatic carbocycles. The monoisotopic (exact) mass is 276 g/mol. The van der Waals surface area contributed by atoms with Gasteiger partial charge in [0.25, 0.3) is 0 Å². The summed E-state index contributed by atoms with van der Waals surface area (Å²) < 4.78 is 32.2. The van der Waals surface area contributed by atoms with Gasteiger partial charge in [-0.05, 0) is 31.0 Å². The van der Waals surface area contributed by atoms with Crippen molar-refractivity contribution in [3.05, 3.63) is 53.9 Å². The van der Waals surface area contributed by atoms with E-state index in [1.54, 1.807) is 18.5 Å². The van der Waals surface area contributed by atoms with Crippen molar-refractivity contribution in [2.24, 2.45) is 0 Å². The second kappa shape index (κ2) is 5.54. The Balaban J connectivity index is 1.80. The molecule has 104 valence electrons. The van der Waals surface area contributed by atoms with Crippen LogP contribution in [-0.2, 0) is 6.54 Å². The maximum Gasteiger partial charge on any atom is 0.165 e. The number of nitrogens with zero attached hydrogens (tertiary/aromatic N) is 1. The highest BCUT2D eigenvalue weighted by Crippen LogP contribution is 2.28. The van der Waals surface area contributed by atoms with Crippen LogP contribution in [-0.4, -0.2) is 11.0 Å². The second-order valence-electron chi connectivity index (χ2n) is 4.82. The largest absolute Gasteiger partial charge is 0.454 e. The van der Waals surface area contributed by atoms with Crippen LogP contribution >= 0.6 is 0 Å². The molecule has 3 rings (SSSR count). The Kier molecular flexibility index (Phi) is 3.60. The summed E-state index contributed by atoms with van der Waals surface area (Å²) in [4.78, 5) is 4.04. The minimum Gasteiger partial charge on any atom is -0.454 e. The number of aromatic nitrogens is 1. The zero-order valence-electron chi connectivity index (χ0n) is 10.8. The molecule has 0 spiro atoms. The highest BCUT2D eigenvalue weighted by atomic mass is 19.1. The molecule has 0 unspecified atom stereocenters. The minimum atomic E-state index is -0.593. The second-order valence-corrected chi connectivity index (χ2v) is 4.82. The van der Waals surface area contributed by atoms with E-state index < -0.39 is 11.6 Å². The predicted molar refractivity (Wildman–Crippen MR) is 70.5 cm³/mol. The van der Waals surface area contributed by atoms with Gasteiger partial charge in [0.1, 0.15) is 11.6 Å². The van der Waals surface area contributed by atoms with Crippen LogP contribution in [0, 0.1) is 11.6 Å². The van der Waals surface area contributed by atoms with Crippen molar-refractivity contribution in [1.82, 2.24) is 10.3 Å². The lowest BCUT2D eigenvalue weighted by Gasteiger charge is -2.11. The SMILES string of the molecule is Fc1ccc(F)c(Oc2ccncc2CNC2CC2)c1. The Hall–Kier alpha value is -2.01. The van der Waals surface area contributed by atoms with Gasteiger partial charge >= 0.3 is 0 Å². The maximum atomic E-state index is 13.6. The molecular weight excluding hydrogens is 262 g/mol. The molecule has 0 amide bonds. The van der Waals surface area contributed by atoms with Crippen molar-refractivity contribution in [2.75, 3.05) is 0 Å². The lowest BCUT2D eigenvalue weighted by atomic mass is 10.2. The van der Waals surface area contributed by atoms with Crippen LogP contribution in [0.5, 0.6) is 11.5 Å². The standard InChI is InChI=1S/C15H14F2N2O/c16-11-1-4-13(17)15(7-11)20-14-5-6-18-8-10(14)9-19-12-2-3-12/h1,4-8,12,19H,2-3,9H2. The molecule has 0 radical (unpaired) electrons. The van der Waals surface area contributed by atoms with E-state index in [0.29, 0.717) is 18.3 Å². The summed E-state index contributed by atoms with van der Waals surface area (Å²) in [7, 11) is 0. The van der Waals surface area contributed by atoms with Crippen LogP contribution in [0.15, 0.2) is 36.7 Å². The molecule has 1 saturated carbocycles. The van der Waals surface area contributed by atoms with Crippen LogP contribution in [0.2, 0.25) is 0 Å². The van der Waals surface area contributed by atoms with Gasteiger partial charge in [-0.1, -0.05) is 0 Å². The van der Waals surface area contributed by atoms with E-state index in [-0.39, 0.29) is 5.75 Å². The van der Waals surface area contributed by atoms with E-state index in [4.69, 9.17) is 4.74 Å². The van der Waals surface area contributed by atoms with Crippen LogP contribution < -0.4 is 10.1 Å². The molecule has 1 aromatic heterocycles. The van der Waals surface area contributed by atoms with Crippen LogP contribution in [0.1, 0.15) is 18.4 Å². The van der Waals surface area contributed by atoms with Gasteiger partial charge in [-0.25, -0.2) is 8.78 Å². The molecule has 0 bridgehead atoms. The molecule has 1 heterocycles. The van der Waals surface area contributed by atoms with Gasteiger partial charge in [0, 0.05) is 36.6 Å². The number of ether oxygens (including phenoxy) is 1. The smallest absolute Gasteiger partial charge is 0.165 e. The third-order valence-corrected chi connectivity index (χ3v) is 3.13. The quantitative estimate of drug-likeness (QED) is 0.908. The van der Waals surface area contributed by atoms with E-state index >= 15 is 0 Å². The van der Waals surface area contributed by atoms with E-state index in [0.717, 1.165) is 23.8 Å². The van der Waals surface area contributed by atoms with Crippen LogP contribution in [0.25, 0.3) is 0 Å². The molecule has 20 heavy (non-hydrogen) atoms. The van der Waals surface area contributed by atoms with Crippen molar-refractivity contribution < 1.29 is 13.5 Å². The molecule has 1 fully saturated rings. The number of rotatable bonds is 5. The van der Waals surface area contributed by atoms with Crippen molar-refractivity contribution >= 4 is 0 Å². The highest BCUT2D eigenvalue weighted by molar-refractivity contribution is 5.36. The van der Waals surface area contributed by atoms with E-state index in [2.05, 4.69) is 10.3 Å². The molecule has 2 aromatic rings. The third kappa shape index (κ3) is 3.11. The van der Waals surface area contributed by atoms with Gasteiger partial charge in [-0.2, -0.15) is 0 Å². The number of hydrogen-bond donors (Lipinski definition) is 1. The van der Waals surface area contributed by atoms with Gasteiger partial charge in [-0.15, -0.1) is 0 Å². The normalized spacial score (nSPS) is 14.3. The number of nitrogens with one attached hydrogen (secondary N) is 1. The first-order chi connectivity index (χ1) is 9.72. The summed E-state index contributed by atoms with van der Waals surface area (Å²) in [5.74, 6) is -0.765. The molecule has 3 nitrogen and oxygen atoms in total.